The van der Waals surface area contributed by atoms with Crippen molar-refractivity contribution in [3.63, 3.8) is 0 Å². The number of carbonyl (C=O) groups is 1. The Labute approximate surface area is 89.0 Å². The van der Waals surface area contributed by atoms with Gasteiger partial charge in [-0.1, -0.05) is 24.1 Å². The molecule has 0 aromatic heterocycles. The molecule has 0 radical (unpaired) electrons. The van der Waals surface area contributed by atoms with Gasteiger partial charge >= 0.3 is 0 Å². The SMILES string of the molecule is C#Cc1ccccc1C(=O)COCOC. The molecule has 0 heterocycles. The van der Waals surface area contributed by atoms with E-state index in [0.29, 0.717) is 11.1 Å². The molecule has 0 aliphatic heterocycles. The molecule has 0 aliphatic rings. The van der Waals surface area contributed by atoms with Gasteiger partial charge in [0.05, 0.1) is 0 Å². The van der Waals surface area contributed by atoms with Crippen LogP contribution < -0.4 is 0 Å². The molecular formula is C12H12O3. The van der Waals surface area contributed by atoms with Crippen molar-refractivity contribution in [3.05, 3.63) is 35.4 Å². The van der Waals surface area contributed by atoms with Crippen LogP contribution in [-0.4, -0.2) is 26.3 Å². The fraction of sp³-hybridized carbons (Fsp3) is 0.250. The molecule has 1 aromatic rings. The third-order valence-electron chi connectivity index (χ3n) is 1.82. The number of carbonyl (C=O) groups excluding carboxylic acids is 1. The van der Waals surface area contributed by atoms with E-state index >= 15 is 0 Å². The molecule has 0 saturated heterocycles. The Morgan fingerprint density at radius 2 is 2.20 bits per heavy atom. The van der Waals surface area contributed by atoms with Crippen molar-refractivity contribution in [1.29, 1.82) is 0 Å². The molecule has 78 valence electrons. The van der Waals surface area contributed by atoms with Crippen molar-refractivity contribution >= 4 is 5.78 Å². The third kappa shape index (κ3) is 3.21. The number of ketones is 1. The van der Waals surface area contributed by atoms with Crippen LogP contribution in [0.4, 0.5) is 0 Å². The molecule has 1 aromatic carbocycles. The molecule has 1 rings (SSSR count). The van der Waals surface area contributed by atoms with Gasteiger partial charge in [-0.2, -0.15) is 0 Å². The smallest absolute Gasteiger partial charge is 0.189 e. The van der Waals surface area contributed by atoms with E-state index in [1.165, 1.54) is 7.11 Å². The predicted octanol–water partition coefficient (Wildman–Crippen LogP) is 1.47. The summed E-state index contributed by atoms with van der Waals surface area (Å²) in [6.07, 6.45) is 5.28. The van der Waals surface area contributed by atoms with Crippen LogP contribution >= 0.6 is 0 Å². The van der Waals surface area contributed by atoms with Crippen molar-refractivity contribution in [1.82, 2.24) is 0 Å². The Morgan fingerprint density at radius 1 is 1.47 bits per heavy atom. The summed E-state index contributed by atoms with van der Waals surface area (Å²) in [6, 6.07) is 6.98. The summed E-state index contributed by atoms with van der Waals surface area (Å²) < 4.78 is 9.63. The highest BCUT2D eigenvalue weighted by molar-refractivity contribution is 5.99. The summed E-state index contributed by atoms with van der Waals surface area (Å²) in [4.78, 5) is 11.6. The van der Waals surface area contributed by atoms with Gasteiger partial charge in [0, 0.05) is 18.2 Å². The van der Waals surface area contributed by atoms with Crippen LogP contribution in [0, 0.1) is 12.3 Å². The molecule has 0 fully saturated rings. The van der Waals surface area contributed by atoms with Gasteiger partial charge in [-0.3, -0.25) is 4.79 Å². The van der Waals surface area contributed by atoms with Crippen molar-refractivity contribution in [3.8, 4) is 12.3 Å². The average molecular weight is 204 g/mol. The van der Waals surface area contributed by atoms with Gasteiger partial charge in [0.15, 0.2) is 5.78 Å². The van der Waals surface area contributed by atoms with Crippen LogP contribution in [0.25, 0.3) is 0 Å². The molecule has 0 unspecified atom stereocenters. The lowest BCUT2D eigenvalue weighted by Crippen LogP contribution is -2.11. The molecule has 0 spiro atoms. The van der Waals surface area contributed by atoms with E-state index in [-0.39, 0.29) is 19.2 Å². The molecule has 15 heavy (non-hydrogen) atoms. The Bertz CT molecular complexity index is 377. The minimum atomic E-state index is -0.138. The van der Waals surface area contributed by atoms with Gasteiger partial charge in [0.1, 0.15) is 13.4 Å². The lowest BCUT2D eigenvalue weighted by atomic mass is 10.0. The summed E-state index contributed by atoms with van der Waals surface area (Å²) in [5.74, 6) is 2.32. The normalized spacial score (nSPS) is 9.60. The largest absolute Gasteiger partial charge is 0.359 e. The van der Waals surface area contributed by atoms with Crippen LogP contribution in [0.5, 0.6) is 0 Å². The molecule has 0 amide bonds. The standard InChI is InChI=1S/C12H12O3/c1-3-10-6-4-5-7-11(10)12(13)8-15-9-14-2/h1,4-7H,8-9H2,2H3. The fourth-order valence-corrected chi connectivity index (χ4v) is 1.15. The number of hydrogen-bond donors (Lipinski definition) is 0. The molecule has 0 saturated carbocycles. The highest BCUT2D eigenvalue weighted by Gasteiger charge is 2.09. The van der Waals surface area contributed by atoms with Crippen LogP contribution in [0.15, 0.2) is 24.3 Å². The second-order valence-corrected chi connectivity index (χ2v) is 2.87. The maximum Gasteiger partial charge on any atom is 0.189 e. The quantitative estimate of drug-likeness (QED) is 0.315. The minimum Gasteiger partial charge on any atom is -0.359 e. The molecule has 3 heteroatoms. The molecule has 3 nitrogen and oxygen atoms in total. The van der Waals surface area contributed by atoms with Crippen molar-refractivity contribution in [2.24, 2.45) is 0 Å². The summed E-state index contributed by atoms with van der Waals surface area (Å²) in [6.45, 7) is 0.0799. The van der Waals surface area contributed by atoms with Crippen molar-refractivity contribution < 1.29 is 14.3 Å². The average Bonchev–Trinajstić information content (AvgIpc) is 2.29. The van der Waals surface area contributed by atoms with E-state index in [9.17, 15) is 4.79 Å². The number of methoxy groups -OCH3 is 1. The van der Waals surface area contributed by atoms with E-state index in [0.717, 1.165) is 0 Å². The zero-order valence-electron chi connectivity index (χ0n) is 8.53. The van der Waals surface area contributed by atoms with E-state index in [4.69, 9.17) is 11.2 Å². The van der Waals surface area contributed by atoms with Gasteiger partial charge < -0.3 is 9.47 Å². The fourth-order valence-electron chi connectivity index (χ4n) is 1.15. The van der Waals surface area contributed by atoms with Crippen molar-refractivity contribution in [2.45, 2.75) is 0 Å². The molecule has 0 N–H and O–H groups in total. The summed E-state index contributed by atoms with van der Waals surface area (Å²) >= 11 is 0. The first-order valence-corrected chi connectivity index (χ1v) is 4.45. The highest BCUT2D eigenvalue weighted by Crippen LogP contribution is 2.08. The lowest BCUT2D eigenvalue weighted by molar-refractivity contribution is -0.0237. The Kier molecular flexibility index (Phi) is 4.55. The van der Waals surface area contributed by atoms with E-state index in [1.54, 1.807) is 24.3 Å². The first-order valence-electron chi connectivity index (χ1n) is 4.45. The number of hydrogen-bond acceptors (Lipinski definition) is 3. The van der Waals surface area contributed by atoms with Crippen molar-refractivity contribution in [2.75, 3.05) is 20.5 Å². The summed E-state index contributed by atoms with van der Waals surface area (Å²) in [5, 5.41) is 0. The second kappa shape index (κ2) is 5.97. The third-order valence-corrected chi connectivity index (χ3v) is 1.82. The number of terminal acetylenes is 1. The Balaban J connectivity index is 2.70. The van der Waals surface area contributed by atoms with Gasteiger partial charge in [0.25, 0.3) is 0 Å². The topological polar surface area (TPSA) is 35.5 Å². The number of ether oxygens (including phenoxy) is 2. The maximum atomic E-state index is 11.6. The monoisotopic (exact) mass is 204 g/mol. The Morgan fingerprint density at radius 3 is 2.87 bits per heavy atom. The maximum absolute atomic E-state index is 11.6. The molecule has 0 atom stereocenters. The molecule has 0 aliphatic carbocycles. The van der Waals surface area contributed by atoms with Gasteiger partial charge in [-0.25, -0.2) is 0 Å². The summed E-state index contributed by atoms with van der Waals surface area (Å²) in [7, 11) is 1.50. The van der Waals surface area contributed by atoms with Gasteiger partial charge in [-0.05, 0) is 6.07 Å². The summed E-state index contributed by atoms with van der Waals surface area (Å²) in [5.41, 5.74) is 1.10. The van der Waals surface area contributed by atoms with Crippen LogP contribution in [0.2, 0.25) is 0 Å². The number of benzene rings is 1. The number of rotatable bonds is 5. The van der Waals surface area contributed by atoms with E-state index < -0.39 is 0 Å². The minimum absolute atomic E-state index is 0.0213. The Hall–Kier alpha value is -1.63. The first-order chi connectivity index (χ1) is 7.29. The van der Waals surface area contributed by atoms with Crippen LogP contribution in [0.1, 0.15) is 15.9 Å². The predicted molar refractivity (Wildman–Crippen MR) is 56.5 cm³/mol. The van der Waals surface area contributed by atoms with E-state index in [2.05, 4.69) is 10.7 Å². The highest BCUT2D eigenvalue weighted by atomic mass is 16.7. The zero-order valence-corrected chi connectivity index (χ0v) is 8.53. The van der Waals surface area contributed by atoms with Crippen LogP contribution in [0.3, 0.4) is 0 Å². The van der Waals surface area contributed by atoms with E-state index in [1.807, 2.05) is 0 Å². The van der Waals surface area contributed by atoms with Crippen LogP contribution in [-0.2, 0) is 9.47 Å². The molecule has 0 bridgehead atoms. The number of Topliss-reactive ketones (excluding diaryl/α,β-unsaturated/α-hetero) is 1. The van der Waals surface area contributed by atoms with Gasteiger partial charge in [-0.15, -0.1) is 6.42 Å². The molecular weight excluding hydrogens is 192 g/mol. The zero-order chi connectivity index (χ0) is 11.1. The lowest BCUT2D eigenvalue weighted by Gasteiger charge is -2.04. The second-order valence-electron chi connectivity index (χ2n) is 2.87. The first kappa shape index (κ1) is 11.4. The van der Waals surface area contributed by atoms with Gasteiger partial charge in [0.2, 0.25) is 0 Å².